The smallest absolute Gasteiger partial charge is 0.260 e. The van der Waals surface area contributed by atoms with Crippen LogP contribution in [-0.4, -0.2) is 15.1 Å². The highest BCUT2D eigenvalue weighted by atomic mass is 32.1. The second-order valence-electron chi connectivity index (χ2n) is 5.28. The van der Waals surface area contributed by atoms with Crippen molar-refractivity contribution in [1.82, 2.24) is 9.97 Å². The molecule has 0 radical (unpaired) electrons. The fourth-order valence-electron chi connectivity index (χ4n) is 2.90. The van der Waals surface area contributed by atoms with E-state index in [2.05, 4.69) is 9.97 Å². The average molecular weight is 300 g/mol. The summed E-state index contributed by atoms with van der Waals surface area (Å²) >= 11 is 1.64. The summed E-state index contributed by atoms with van der Waals surface area (Å²) in [5.74, 6) is 0.805. The molecule has 106 valence electrons. The van der Waals surface area contributed by atoms with Gasteiger partial charge < -0.3 is 10.1 Å². The molecule has 3 aromatic rings. The quantitative estimate of drug-likeness (QED) is 0.705. The van der Waals surface area contributed by atoms with E-state index in [1.54, 1.807) is 34.2 Å². The number of pyridine rings is 1. The lowest BCUT2D eigenvalue weighted by Crippen LogP contribution is -2.34. The van der Waals surface area contributed by atoms with Crippen LogP contribution in [0.1, 0.15) is 22.7 Å². The number of thiophene rings is 1. The Kier molecular flexibility index (Phi) is 2.78. The third-order valence-corrected chi connectivity index (χ3v) is 4.98. The largest absolute Gasteiger partial charge is 0.503 e. The highest BCUT2D eigenvalue weighted by Crippen LogP contribution is 2.34. The second kappa shape index (κ2) is 4.66. The van der Waals surface area contributed by atoms with E-state index in [1.807, 2.05) is 6.20 Å². The molecule has 0 fully saturated rings. The van der Waals surface area contributed by atoms with Crippen molar-refractivity contribution in [1.29, 1.82) is 0 Å². The van der Waals surface area contributed by atoms with Crippen LogP contribution in [0.4, 0.5) is 0 Å². The fraction of sp³-hybridized carbons (Fsp3) is 0.267. The average Bonchev–Trinajstić information content (AvgIpc) is 2.98. The van der Waals surface area contributed by atoms with Crippen LogP contribution in [0.15, 0.2) is 29.3 Å². The van der Waals surface area contributed by atoms with Gasteiger partial charge in [0.2, 0.25) is 12.7 Å². The first-order valence-corrected chi connectivity index (χ1v) is 7.74. The third-order valence-electron chi connectivity index (χ3n) is 3.80. The van der Waals surface area contributed by atoms with Crippen LogP contribution < -0.4 is 10.1 Å². The lowest BCUT2D eigenvalue weighted by molar-refractivity contribution is -0.689. The topological polar surface area (TPSA) is 69.9 Å². The van der Waals surface area contributed by atoms with E-state index >= 15 is 0 Å². The molecule has 1 aliphatic rings. The number of aryl methyl sites for hydroxylation is 2. The number of aromatic nitrogens is 3. The van der Waals surface area contributed by atoms with Gasteiger partial charge in [0.1, 0.15) is 4.83 Å². The molecule has 5 nitrogen and oxygen atoms in total. The van der Waals surface area contributed by atoms with Crippen LogP contribution >= 0.6 is 11.3 Å². The first-order chi connectivity index (χ1) is 10.2. The Morgan fingerprint density at radius 3 is 3.19 bits per heavy atom. The van der Waals surface area contributed by atoms with E-state index < -0.39 is 0 Å². The molecule has 0 saturated carbocycles. The van der Waals surface area contributed by atoms with Gasteiger partial charge in [0.15, 0.2) is 17.8 Å². The number of aromatic hydroxyl groups is 1. The SMILES string of the molecule is O=c1[nH]c(C[n+]2cccc(O)c2)nc2sc3c(c12)CCC3. The van der Waals surface area contributed by atoms with Gasteiger partial charge >= 0.3 is 0 Å². The maximum absolute atomic E-state index is 12.3. The Morgan fingerprint density at radius 2 is 2.33 bits per heavy atom. The van der Waals surface area contributed by atoms with Crippen LogP contribution in [0.3, 0.4) is 0 Å². The van der Waals surface area contributed by atoms with Crippen molar-refractivity contribution in [3.05, 3.63) is 51.1 Å². The molecule has 0 atom stereocenters. The highest BCUT2D eigenvalue weighted by molar-refractivity contribution is 7.18. The Bertz CT molecular complexity index is 898. The Balaban J connectivity index is 1.79. The molecule has 0 aromatic carbocycles. The molecule has 21 heavy (non-hydrogen) atoms. The number of nitrogens with one attached hydrogen (secondary N) is 1. The Hall–Kier alpha value is -2.21. The molecule has 4 rings (SSSR count). The minimum atomic E-state index is -0.0462. The van der Waals surface area contributed by atoms with E-state index in [1.165, 1.54) is 10.4 Å². The van der Waals surface area contributed by atoms with Crippen molar-refractivity contribution in [2.24, 2.45) is 0 Å². The van der Waals surface area contributed by atoms with Crippen LogP contribution in [0.2, 0.25) is 0 Å². The van der Waals surface area contributed by atoms with E-state index in [4.69, 9.17) is 0 Å². The third kappa shape index (κ3) is 2.12. The van der Waals surface area contributed by atoms with E-state index in [0.29, 0.717) is 12.4 Å². The number of H-pyrrole nitrogens is 1. The van der Waals surface area contributed by atoms with Gasteiger partial charge in [-0.15, -0.1) is 11.3 Å². The molecule has 3 aromatic heterocycles. The number of hydrogen-bond donors (Lipinski definition) is 2. The van der Waals surface area contributed by atoms with Crippen molar-refractivity contribution in [3.8, 4) is 5.75 Å². The summed E-state index contributed by atoms with van der Waals surface area (Å²) in [4.78, 5) is 21.9. The van der Waals surface area contributed by atoms with Gasteiger partial charge in [0.05, 0.1) is 5.39 Å². The van der Waals surface area contributed by atoms with Crippen molar-refractivity contribution in [2.75, 3.05) is 0 Å². The van der Waals surface area contributed by atoms with Crippen LogP contribution in [0.5, 0.6) is 5.75 Å². The first kappa shape index (κ1) is 12.5. The number of nitrogens with zero attached hydrogens (tertiary/aromatic N) is 2. The molecule has 3 heterocycles. The minimum absolute atomic E-state index is 0.0462. The predicted octanol–water partition coefficient (Wildman–Crippen LogP) is 1.51. The minimum Gasteiger partial charge on any atom is -0.503 e. The van der Waals surface area contributed by atoms with E-state index in [0.717, 1.165) is 29.5 Å². The summed E-state index contributed by atoms with van der Waals surface area (Å²) in [6.45, 7) is 0.433. The number of hydrogen-bond acceptors (Lipinski definition) is 4. The van der Waals surface area contributed by atoms with Gasteiger partial charge in [0.25, 0.3) is 5.56 Å². The zero-order valence-corrected chi connectivity index (χ0v) is 12.1. The molecular weight excluding hydrogens is 286 g/mol. The maximum atomic E-state index is 12.3. The normalized spacial score (nSPS) is 13.7. The van der Waals surface area contributed by atoms with Gasteiger partial charge in [-0.1, -0.05) is 0 Å². The molecule has 2 N–H and O–H groups in total. The summed E-state index contributed by atoms with van der Waals surface area (Å²) in [5.41, 5.74) is 1.15. The number of fused-ring (bicyclic) bond motifs is 3. The van der Waals surface area contributed by atoms with Crippen LogP contribution in [0, 0.1) is 0 Å². The van der Waals surface area contributed by atoms with Crippen molar-refractivity contribution < 1.29 is 9.67 Å². The van der Waals surface area contributed by atoms with Gasteiger partial charge in [-0.3, -0.25) is 4.79 Å². The lowest BCUT2D eigenvalue weighted by Gasteiger charge is -1.99. The molecule has 6 heteroatoms. The number of aromatic amines is 1. The standard InChI is InChI=1S/C15H13N3O2S/c19-9-3-2-6-18(7-9)8-12-16-14(20)13-10-4-1-5-11(10)21-15(13)17-12/h2-3,6-7H,1,4-5,8H2,(H-,16,17,19,20)/p+1. The summed E-state index contributed by atoms with van der Waals surface area (Å²) in [7, 11) is 0. The molecule has 0 unspecified atom stereocenters. The van der Waals surface area contributed by atoms with Crippen LogP contribution in [-0.2, 0) is 19.4 Å². The van der Waals surface area contributed by atoms with Crippen molar-refractivity contribution in [2.45, 2.75) is 25.8 Å². The molecule has 0 spiro atoms. The van der Waals surface area contributed by atoms with Gasteiger partial charge in [-0.05, 0) is 30.9 Å². The van der Waals surface area contributed by atoms with Crippen molar-refractivity contribution >= 4 is 21.6 Å². The molecule has 0 bridgehead atoms. The van der Waals surface area contributed by atoms with Gasteiger partial charge in [-0.25, -0.2) is 4.98 Å². The second-order valence-corrected chi connectivity index (χ2v) is 6.37. The van der Waals surface area contributed by atoms with Crippen LogP contribution in [0.25, 0.3) is 10.2 Å². The molecule has 1 aliphatic carbocycles. The lowest BCUT2D eigenvalue weighted by atomic mass is 10.2. The highest BCUT2D eigenvalue weighted by Gasteiger charge is 2.21. The van der Waals surface area contributed by atoms with E-state index in [9.17, 15) is 9.90 Å². The monoisotopic (exact) mass is 300 g/mol. The first-order valence-electron chi connectivity index (χ1n) is 6.92. The summed E-state index contributed by atoms with van der Waals surface area (Å²) in [6, 6.07) is 3.37. The zero-order chi connectivity index (χ0) is 14.4. The maximum Gasteiger partial charge on any atom is 0.260 e. The summed E-state index contributed by atoms with van der Waals surface area (Å²) in [6.07, 6.45) is 6.63. The molecular formula is C15H14N3O2S+. The Labute approximate surface area is 124 Å². The Morgan fingerprint density at radius 1 is 1.43 bits per heavy atom. The number of rotatable bonds is 2. The van der Waals surface area contributed by atoms with Gasteiger partial charge in [0, 0.05) is 10.9 Å². The van der Waals surface area contributed by atoms with Gasteiger partial charge in [-0.2, -0.15) is 4.57 Å². The van der Waals surface area contributed by atoms with Crippen molar-refractivity contribution in [3.63, 3.8) is 0 Å². The molecule has 0 aliphatic heterocycles. The molecule has 0 saturated heterocycles. The zero-order valence-electron chi connectivity index (χ0n) is 11.3. The predicted molar refractivity (Wildman–Crippen MR) is 79.7 cm³/mol. The molecule has 0 amide bonds. The van der Waals surface area contributed by atoms with E-state index in [-0.39, 0.29) is 11.3 Å². The summed E-state index contributed by atoms with van der Waals surface area (Å²) < 4.78 is 1.79. The fourth-order valence-corrected chi connectivity index (χ4v) is 4.18. The summed E-state index contributed by atoms with van der Waals surface area (Å²) in [5, 5.41) is 10.3.